The molecule has 2 heterocycles. The normalized spacial score (nSPS) is 27.9. The van der Waals surface area contributed by atoms with E-state index in [2.05, 4.69) is 52.8 Å². The van der Waals surface area contributed by atoms with Gasteiger partial charge in [-0.2, -0.15) is 0 Å². The Morgan fingerprint density at radius 2 is 2.19 bits per heavy atom. The summed E-state index contributed by atoms with van der Waals surface area (Å²) in [5.74, 6) is 0.422. The van der Waals surface area contributed by atoms with E-state index in [-0.39, 0.29) is 6.10 Å². The summed E-state index contributed by atoms with van der Waals surface area (Å²) in [5.41, 5.74) is 3.98. The van der Waals surface area contributed by atoms with Gasteiger partial charge in [-0.25, -0.2) is 0 Å². The molecular weight excluding hydrogens is 260 g/mol. The SMILES string of the molecule is OC(CC1c2ccccc2C2=CNCN21)C1CC=CCC1. The third kappa shape index (κ3) is 2.16. The van der Waals surface area contributed by atoms with Crippen LogP contribution in [0.25, 0.3) is 5.70 Å². The minimum absolute atomic E-state index is 0.215. The number of rotatable bonds is 3. The van der Waals surface area contributed by atoms with Crippen LogP contribution in [-0.4, -0.2) is 22.8 Å². The molecule has 3 heteroatoms. The van der Waals surface area contributed by atoms with Crippen molar-refractivity contribution in [1.29, 1.82) is 0 Å². The highest BCUT2D eigenvalue weighted by atomic mass is 16.3. The molecule has 4 rings (SSSR count). The summed E-state index contributed by atoms with van der Waals surface area (Å²) in [6.07, 6.45) is 10.4. The van der Waals surface area contributed by atoms with Crippen molar-refractivity contribution in [2.45, 2.75) is 37.8 Å². The van der Waals surface area contributed by atoms with E-state index in [0.717, 1.165) is 32.4 Å². The highest BCUT2D eigenvalue weighted by Crippen LogP contribution is 2.45. The van der Waals surface area contributed by atoms with Crippen LogP contribution < -0.4 is 5.32 Å². The smallest absolute Gasteiger partial charge is 0.0879 e. The maximum absolute atomic E-state index is 10.7. The lowest BCUT2D eigenvalue weighted by molar-refractivity contribution is 0.0705. The summed E-state index contributed by atoms with van der Waals surface area (Å²) >= 11 is 0. The Morgan fingerprint density at radius 1 is 1.29 bits per heavy atom. The van der Waals surface area contributed by atoms with Crippen molar-refractivity contribution in [3.8, 4) is 0 Å². The number of hydrogen-bond donors (Lipinski definition) is 2. The van der Waals surface area contributed by atoms with Gasteiger partial charge in [-0.3, -0.25) is 0 Å². The maximum atomic E-state index is 10.7. The lowest BCUT2D eigenvalue weighted by Crippen LogP contribution is -2.30. The van der Waals surface area contributed by atoms with Crippen molar-refractivity contribution < 1.29 is 5.11 Å². The number of allylic oxidation sites excluding steroid dienone is 2. The number of nitrogens with one attached hydrogen (secondary N) is 1. The Hall–Kier alpha value is -1.74. The molecule has 3 nitrogen and oxygen atoms in total. The number of aliphatic hydroxyl groups excluding tert-OH is 1. The molecule has 0 saturated heterocycles. The van der Waals surface area contributed by atoms with Crippen molar-refractivity contribution in [1.82, 2.24) is 10.2 Å². The molecule has 1 aromatic rings. The Bertz CT molecular complexity index is 593. The van der Waals surface area contributed by atoms with E-state index in [1.54, 1.807) is 0 Å². The Balaban J connectivity index is 1.57. The number of fused-ring (bicyclic) bond motifs is 3. The van der Waals surface area contributed by atoms with E-state index in [4.69, 9.17) is 0 Å². The van der Waals surface area contributed by atoms with Gasteiger partial charge in [0.05, 0.1) is 24.5 Å². The molecule has 2 aliphatic heterocycles. The zero-order chi connectivity index (χ0) is 14.2. The van der Waals surface area contributed by atoms with Gasteiger partial charge in [-0.05, 0) is 37.2 Å². The van der Waals surface area contributed by atoms with Gasteiger partial charge in [0.2, 0.25) is 0 Å². The van der Waals surface area contributed by atoms with E-state index < -0.39 is 0 Å². The standard InChI is InChI=1S/C18H22N2O/c21-18(13-6-2-1-3-7-13)10-16-14-8-4-5-9-15(14)17-11-19-12-20(16)17/h1-2,4-5,8-9,11,13,16,18-19,21H,3,6-7,10,12H2. The fourth-order valence-electron chi connectivity index (χ4n) is 3.95. The van der Waals surface area contributed by atoms with Gasteiger partial charge in [0.25, 0.3) is 0 Å². The van der Waals surface area contributed by atoms with Crippen molar-refractivity contribution in [2.24, 2.45) is 5.92 Å². The van der Waals surface area contributed by atoms with Gasteiger partial charge in [0.15, 0.2) is 0 Å². The third-order valence-electron chi connectivity index (χ3n) is 5.10. The van der Waals surface area contributed by atoms with Crippen molar-refractivity contribution in [3.05, 3.63) is 53.7 Å². The Morgan fingerprint density at radius 3 is 3.05 bits per heavy atom. The third-order valence-corrected chi connectivity index (χ3v) is 5.10. The Kier molecular flexibility index (Phi) is 3.23. The van der Waals surface area contributed by atoms with Crippen LogP contribution in [0.3, 0.4) is 0 Å². The molecule has 0 fully saturated rings. The molecule has 3 aliphatic rings. The fraction of sp³-hybridized carbons (Fsp3) is 0.444. The second-order valence-corrected chi connectivity index (χ2v) is 6.31. The molecule has 1 aliphatic carbocycles. The molecule has 3 atom stereocenters. The average molecular weight is 282 g/mol. The van der Waals surface area contributed by atoms with Crippen LogP contribution in [0.5, 0.6) is 0 Å². The predicted octanol–water partition coefficient (Wildman–Crippen LogP) is 3.01. The van der Waals surface area contributed by atoms with Crippen LogP contribution in [0.1, 0.15) is 42.9 Å². The van der Waals surface area contributed by atoms with Crippen LogP contribution in [0.15, 0.2) is 42.6 Å². The second kappa shape index (κ2) is 5.23. The van der Waals surface area contributed by atoms with Crippen molar-refractivity contribution in [2.75, 3.05) is 6.67 Å². The maximum Gasteiger partial charge on any atom is 0.0879 e. The van der Waals surface area contributed by atoms with Crippen molar-refractivity contribution >= 4 is 5.70 Å². The molecule has 2 N–H and O–H groups in total. The number of benzene rings is 1. The highest BCUT2D eigenvalue weighted by Gasteiger charge is 2.37. The summed E-state index contributed by atoms with van der Waals surface area (Å²) in [7, 11) is 0. The lowest BCUT2D eigenvalue weighted by Gasteiger charge is -2.30. The second-order valence-electron chi connectivity index (χ2n) is 6.31. The molecule has 0 spiro atoms. The van der Waals surface area contributed by atoms with Gasteiger partial charge < -0.3 is 15.3 Å². The summed E-state index contributed by atoms with van der Waals surface area (Å²) in [4.78, 5) is 2.40. The number of hydrogen-bond acceptors (Lipinski definition) is 3. The summed E-state index contributed by atoms with van der Waals surface area (Å²) in [6.45, 7) is 0.853. The number of nitrogens with zero attached hydrogens (tertiary/aromatic N) is 1. The molecule has 110 valence electrons. The zero-order valence-corrected chi connectivity index (χ0v) is 12.2. The predicted molar refractivity (Wildman–Crippen MR) is 84.1 cm³/mol. The lowest BCUT2D eigenvalue weighted by atomic mass is 9.85. The monoisotopic (exact) mass is 282 g/mol. The summed E-state index contributed by atoms with van der Waals surface area (Å²) < 4.78 is 0. The first-order valence-corrected chi connectivity index (χ1v) is 7.97. The molecule has 0 saturated carbocycles. The minimum atomic E-state index is -0.215. The van der Waals surface area contributed by atoms with Crippen molar-refractivity contribution in [3.63, 3.8) is 0 Å². The van der Waals surface area contributed by atoms with E-state index in [9.17, 15) is 5.11 Å². The van der Waals surface area contributed by atoms with E-state index >= 15 is 0 Å². The van der Waals surface area contributed by atoms with Crippen LogP contribution in [-0.2, 0) is 0 Å². The minimum Gasteiger partial charge on any atom is -0.393 e. The molecule has 0 radical (unpaired) electrons. The molecule has 0 bridgehead atoms. The first-order chi connectivity index (χ1) is 10.3. The molecule has 0 aromatic heterocycles. The quantitative estimate of drug-likeness (QED) is 0.837. The molecular formula is C18H22N2O. The fourth-order valence-corrected chi connectivity index (χ4v) is 3.95. The first kappa shape index (κ1) is 13.0. The van der Waals surface area contributed by atoms with Gasteiger partial charge in [-0.15, -0.1) is 0 Å². The van der Waals surface area contributed by atoms with Gasteiger partial charge in [0, 0.05) is 11.8 Å². The van der Waals surface area contributed by atoms with Crippen LogP contribution in [0, 0.1) is 5.92 Å². The first-order valence-electron chi connectivity index (χ1n) is 7.97. The molecule has 0 amide bonds. The van der Waals surface area contributed by atoms with Crippen LogP contribution in [0.2, 0.25) is 0 Å². The largest absolute Gasteiger partial charge is 0.393 e. The summed E-state index contributed by atoms with van der Waals surface area (Å²) in [5, 5.41) is 14.0. The van der Waals surface area contributed by atoms with Crippen LogP contribution in [0.4, 0.5) is 0 Å². The highest BCUT2D eigenvalue weighted by molar-refractivity contribution is 5.73. The van der Waals surface area contributed by atoms with E-state index in [1.807, 2.05) is 0 Å². The Labute approximate surface area is 126 Å². The topological polar surface area (TPSA) is 35.5 Å². The van der Waals surface area contributed by atoms with Crippen LogP contribution >= 0.6 is 0 Å². The average Bonchev–Trinajstić information content (AvgIpc) is 3.11. The molecule has 21 heavy (non-hydrogen) atoms. The molecule has 3 unspecified atom stereocenters. The summed E-state index contributed by atoms with van der Waals surface area (Å²) in [6, 6.07) is 8.92. The van der Waals surface area contributed by atoms with Gasteiger partial charge >= 0.3 is 0 Å². The zero-order valence-electron chi connectivity index (χ0n) is 12.2. The van der Waals surface area contributed by atoms with Gasteiger partial charge in [0.1, 0.15) is 0 Å². The number of aliphatic hydroxyl groups is 1. The molecule has 1 aromatic carbocycles. The van der Waals surface area contributed by atoms with Gasteiger partial charge in [-0.1, -0.05) is 36.4 Å². The van der Waals surface area contributed by atoms with E-state index in [0.29, 0.717) is 12.0 Å². The van der Waals surface area contributed by atoms with E-state index in [1.165, 1.54) is 16.8 Å².